The quantitative estimate of drug-likeness (QED) is 0.580. The van der Waals surface area contributed by atoms with Crippen molar-refractivity contribution < 1.29 is 9.53 Å². The third-order valence-electron chi connectivity index (χ3n) is 3.03. The molecule has 0 amide bonds. The number of carbonyl (C=O) groups excluding carboxylic acids is 1. The van der Waals surface area contributed by atoms with E-state index in [2.05, 4.69) is 0 Å². The van der Waals surface area contributed by atoms with Crippen molar-refractivity contribution in [2.75, 3.05) is 0 Å². The number of Topliss-reactive ketones (excluding diaryl/α,β-unsaturated/α-hetero) is 1. The predicted molar refractivity (Wildman–Crippen MR) is 80.3 cm³/mol. The van der Waals surface area contributed by atoms with Gasteiger partial charge in [-0.3, -0.25) is 4.79 Å². The van der Waals surface area contributed by atoms with Crippen LogP contribution in [-0.4, -0.2) is 11.9 Å². The molecule has 0 radical (unpaired) electrons. The highest BCUT2D eigenvalue weighted by molar-refractivity contribution is 6.04. The van der Waals surface area contributed by atoms with E-state index in [0.717, 1.165) is 12.0 Å². The van der Waals surface area contributed by atoms with Gasteiger partial charge in [0, 0.05) is 11.5 Å². The molecule has 20 heavy (non-hydrogen) atoms. The number of ketones is 1. The van der Waals surface area contributed by atoms with Crippen molar-refractivity contribution in [2.45, 2.75) is 40.2 Å². The number of nitrogens with zero attached hydrogens (tertiary/aromatic N) is 1. The molecule has 0 saturated heterocycles. The van der Waals surface area contributed by atoms with Crippen molar-refractivity contribution in [3.05, 3.63) is 35.4 Å². The van der Waals surface area contributed by atoms with E-state index in [1.165, 1.54) is 0 Å². The Morgan fingerprint density at radius 1 is 1.35 bits per heavy atom. The molecule has 1 unspecified atom stereocenters. The first-order chi connectivity index (χ1) is 9.49. The number of para-hydroxylation sites is 1. The molecule has 0 aliphatic rings. The minimum Gasteiger partial charge on any atom is -0.490 e. The molecular formula is C17H21NO2. The summed E-state index contributed by atoms with van der Waals surface area (Å²) in [5.41, 5.74) is 0.938. The van der Waals surface area contributed by atoms with E-state index in [1.807, 2.05) is 58.0 Å². The molecule has 0 aliphatic carbocycles. The molecule has 0 N–H and O–H groups in total. The molecule has 0 spiro atoms. The molecule has 0 aliphatic heterocycles. The van der Waals surface area contributed by atoms with Gasteiger partial charge in [-0.2, -0.15) is 5.26 Å². The fourth-order valence-electron chi connectivity index (χ4n) is 1.73. The van der Waals surface area contributed by atoms with Crippen molar-refractivity contribution >= 4 is 11.9 Å². The topological polar surface area (TPSA) is 50.1 Å². The predicted octanol–water partition coefficient (Wildman–Crippen LogP) is 4.00. The van der Waals surface area contributed by atoms with Gasteiger partial charge in [-0.1, -0.05) is 32.0 Å². The molecule has 3 nitrogen and oxygen atoms in total. The van der Waals surface area contributed by atoms with Gasteiger partial charge >= 0.3 is 0 Å². The van der Waals surface area contributed by atoms with Gasteiger partial charge < -0.3 is 4.74 Å². The van der Waals surface area contributed by atoms with Gasteiger partial charge in [-0.15, -0.1) is 0 Å². The van der Waals surface area contributed by atoms with Crippen LogP contribution in [0.25, 0.3) is 6.08 Å². The zero-order valence-electron chi connectivity index (χ0n) is 12.5. The Hall–Kier alpha value is -2.08. The van der Waals surface area contributed by atoms with Gasteiger partial charge in [0.05, 0.1) is 11.7 Å². The van der Waals surface area contributed by atoms with Crippen LogP contribution >= 0.6 is 0 Å². The highest BCUT2D eigenvalue weighted by atomic mass is 16.5. The molecule has 1 atom stereocenters. The highest BCUT2D eigenvalue weighted by Crippen LogP contribution is 2.23. The van der Waals surface area contributed by atoms with Crippen LogP contribution in [0.3, 0.4) is 0 Å². The lowest BCUT2D eigenvalue weighted by Crippen LogP contribution is -2.12. The van der Waals surface area contributed by atoms with Gasteiger partial charge in [0.25, 0.3) is 0 Å². The van der Waals surface area contributed by atoms with E-state index in [-0.39, 0.29) is 23.4 Å². The molecule has 0 saturated carbocycles. The summed E-state index contributed by atoms with van der Waals surface area (Å²) >= 11 is 0. The molecule has 106 valence electrons. The van der Waals surface area contributed by atoms with Crippen LogP contribution in [-0.2, 0) is 4.79 Å². The van der Waals surface area contributed by atoms with Crippen LogP contribution in [0.4, 0.5) is 0 Å². The summed E-state index contributed by atoms with van der Waals surface area (Å²) in [6, 6.07) is 9.43. The fraction of sp³-hybridized carbons (Fsp3) is 0.412. The maximum absolute atomic E-state index is 12.1. The zero-order valence-corrected chi connectivity index (χ0v) is 12.5. The van der Waals surface area contributed by atoms with Crippen molar-refractivity contribution in [1.29, 1.82) is 5.26 Å². The number of nitriles is 1. The minimum absolute atomic E-state index is 0.0420. The number of rotatable bonds is 6. The fourth-order valence-corrected chi connectivity index (χ4v) is 1.73. The van der Waals surface area contributed by atoms with Crippen molar-refractivity contribution in [2.24, 2.45) is 5.92 Å². The molecule has 0 fully saturated rings. The molecule has 0 bridgehead atoms. The van der Waals surface area contributed by atoms with E-state index in [0.29, 0.717) is 5.75 Å². The zero-order chi connectivity index (χ0) is 15.1. The number of allylic oxidation sites excluding steroid dienone is 1. The highest BCUT2D eigenvalue weighted by Gasteiger charge is 2.16. The van der Waals surface area contributed by atoms with Crippen molar-refractivity contribution in [3.63, 3.8) is 0 Å². The van der Waals surface area contributed by atoms with Gasteiger partial charge in [-0.05, 0) is 32.4 Å². The lowest BCUT2D eigenvalue weighted by molar-refractivity contribution is -0.118. The standard InChI is InChI=1S/C17H21NO2/c1-5-13(4)17(19)15(11-18)10-14-8-6-7-9-16(14)20-12(2)3/h6-10,12-13H,5H2,1-4H3/b15-10+. The van der Waals surface area contributed by atoms with Crippen LogP contribution in [0.5, 0.6) is 5.75 Å². The summed E-state index contributed by atoms with van der Waals surface area (Å²) in [7, 11) is 0. The van der Waals surface area contributed by atoms with Gasteiger partial charge in [-0.25, -0.2) is 0 Å². The Bertz CT molecular complexity index is 538. The summed E-state index contributed by atoms with van der Waals surface area (Å²) in [5.74, 6) is 0.431. The Morgan fingerprint density at radius 3 is 2.55 bits per heavy atom. The first-order valence-corrected chi connectivity index (χ1v) is 6.91. The molecule has 1 rings (SSSR count). The van der Waals surface area contributed by atoms with E-state index in [4.69, 9.17) is 4.74 Å². The Labute approximate surface area is 120 Å². The lowest BCUT2D eigenvalue weighted by atomic mass is 9.96. The Balaban J connectivity index is 3.14. The number of hydrogen-bond acceptors (Lipinski definition) is 3. The summed E-state index contributed by atoms with van der Waals surface area (Å²) in [4.78, 5) is 12.1. The lowest BCUT2D eigenvalue weighted by Gasteiger charge is -2.12. The molecule has 0 heterocycles. The van der Waals surface area contributed by atoms with Crippen LogP contribution in [0.2, 0.25) is 0 Å². The summed E-state index contributed by atoms with van der Waals surface area (Å²) in [6.45, 7) is 7.66. The minimum atomic E-state index is -0.140. The average Bonchev–Trinajstić information content (AvgIpc) is 2.44. The second kappa shape index (κ2) is 7.49. The van der Waals surface area contributed by atoms with E-state index in [1.54, 1.807) is 6.08 Å². The second-order valence-electron chi connectivity index (χ2n) is 5.05. The smallest absolute Gasteiger partial charge is 0.176 e. The molecule has 3 heteroatoms. The molecular weight excluding hydrogens is 250 g/mol. The number of ether oxygens (including phenoxy) is 1. The third kappa shape index (κ3) is 4.24. The van der Waals surface area contributed by atoms with Crippen molar-refractivity contribution in [1.82, 2.24) is 0 Å². The molecule has 1 aromatic carbocycles. The van der Waals surface area contributed by atoms with Gasteiger partial charge in [0.2, 0.25) is 0 Å². The number of hydrogen-bond donors (Lipinski definition) is 0. The largest absolute Gasteiger partial charge is 0.490 e. The SMILES string of the molecule is CCC(C)C(=O)/C(C#N)=C/c1ccccc1OC(C)C. The maximum Gasteiger partial charge on any atom is 0.176 e. The van der Waals surface area contributed by atoms with Crippen LogP contribution < -0.4 is 4.74 Å². The van der Waals surface area contributed by atoms with Crippen molar-refractivity contribution in [3.8, 4) is 11.8 Å². The summed E-state index contributed by atoms with van der Waals surface area (Å²) in [6.07, 6.45) is 2.38. The molecule has 0 aromatic heterocycles. The average molecular weight is 271 g/mol. The van der Waals surface area contributed by atoms with E-state index >= 15 is 0 Å². The number of benzene rings is 1. The monoisotopic (exact) mass is 271 g/mol. The summed E-state index contributed by atoms with van der Waals surface area (Å²) < 4.78 is 5.69. The van der Waals surface area contributed by atoms with Gasteiger partial charge in [0.1, 0.15) is 11.8 Å². The Kier molecular flexibility index (Phi) is 5.99. The third-order valence-corrected chi connectivity index (χ3v) is 3.03. The van der Waals surface area contributed by atoms with E-state index in [9.17, 15) is 10.1 Å². The number of carbonyl (C=O) groups is 1. The first-order valence-electron chi connectivity index (χ1n) is 6.91. The second-order valence-corrected chi connectivity index (χ2v) is 5.05. The van der Waals surface area contributed by atoms with Crippen LogP contribution in [0, 0.1) is 17.2 Å². The normalized spacial score (nSPS) is 12.9. The maximum atomic E-state index is 12.1. The molecule has 1 aromatic rings. The summed E-state index contributed by atoms with van der Waals surface area (Å²) in [5, 5.41) is 9.20. The first kappa shape index (κ1) is 16.0. The Morgan fingerprint density at radius 2 is 2.00 bits per heavy atom. The van der Waals surface area contributed by atoms with Crippen LogP contribution in [0.1, 0.15) is 39.7 Å². The van der Waals surface area contributed by atoms with Gasteiger partial charge in [0.15, 0.2) is 5.78 Å². The van der Waals surface area contributed by atoms with E-state index < -0.39 is 0 Å². The van der Waals surface area contributed by atoms with Crippen LogP contribution in [0.15, 0.2) is 29.8 Å².